The molecule has 7 heteroatoms. The maximum absolute atomic E-state index is 10.8. The molecule has 0 aliphatic carbocycles. The monoisotopic (exact) mass is 500 g/mol. The molecule has 0 spiro atoms. The fourth-order valence-electron chi connectivity index (χ4n) is 3.79. The Morgan fingerprint density at radius 1 is 1.00 bits per heavy atom. The number of benzene rings is 3. The molecule has 3 aromatic rings. The summed E-state index contributed by atoms with van der Waals surface area (Å²) in [5, 5.41) is 15.0. The molecule has 1 aliphatic heterocycles. The van der Waals surface area contributed by atoms with Crippen LogP contribution in [0.25, 0.3) is 0 Å². The highest BCUT2D eigenvalue weighted by atomic mass is 79.9. The molecule has 1 heterocycles. The van der Waals surface area contributed by atoms with E-state index in [2.05, 4.69) is 21.2 Å². The van der Waals surface area contributed by atoms with Gasteiger partial charge < -0.3 is 14.6 Å². The smallest absolute Gasteiger partial charge is 0.162 e. The van der Waals surface area contributed by atoms with Gasteiger partial charge in [0, 0.05) is 38.8 Å². The Balaban J connectivity index is 1.81. The van der Waals surface area contributed by atoms with Gasteiger partial charge in [-0.1, -0.05) is 51.8 Å². The van der Waals surface area contributed by atoms with Crippen LogP contribution in [0.4, 0.5) is 0 Å². The van der Waals surface area contributed by atoms with Crippen molar-refractivity contribution >= 4 is 33.2 Å². The predicted molar refractivity (Wildman–Crippen MR) is 127 cm³/mol. The maximum atomic E-state index is 10.8. The van der Waals surface area contributed by atoms with Gasteiger partial charge in [-0.25, -0.2) is 0 Å². The number of nitrogens with zero attached hydrogens (tertiary/aromatic N) is 1. The molecule has 2 atom stereocenters. The lowest BCUT2D eigenvalue weighted by atomic mass is 9.93. The number of hydrogen-bond donors (Lipinski definition) is 2. The molecule has 2 N–H and O–H groups in total. The highest BCUT2D eigenvalue weighted by Crippen LogP contribution is 2.40. The molecule has 0 saturated heterocycles. The maximum Gasteiger partial charge on any atom is 0.162 e. The second-order valence-electron chi connectivity index (χ2n) is 7.19. The zero-order chi connectivity index (χ0) is 22.0. The van der Waals surface area contributed by atoms with Gasteiger partial charge in [0.15, 0.2) is 11.5 Å². The summed E-state index contributed by atoms with van der Waals surface area (Å²) in [5.41, 5.74) is 3.54. The highest BCUT2D eigenvalue weighted by Gasteiger charge is 2.30. The van der Waals surface area contributed by atoms with Crippen LogP contribution >= 0.6 is 27.5 Å². The quantitative estimate of drug-likeness (QED) is 0.447. The van der Waals surface area contributed by atoms with Crippen LogP contribution in [0.2, 0.25) is 5.02 Å². The highest BCUT2D eigenvalue weighted by molar-refractivity contribution is 9.10. The van der Waals surface area contributed by atoms with Gasteiger partial charge in [-0.15, -0.1) is 0 Å². The molecular weight excluding hydrogens is 480 g/mol. The van der Waals surface area contributed by atoms with Gasteiger partial charge in [0.05, 0.1) is 14.2 Å². The van der Waals surface area contributed by atoms with Crippen molar-refractivity contribution in [2.24, 2.45) is 4.99 Å². The third-order valence-electron chi connectivity index (χ3n) is 5.33. The number of hydrogen-bond acceptors (Lipinski definition) is 5. The third-order valence-corrected chi connectivity index (χ3v) is 6.08. The minimum absolute atomic E-state index is 0.125. The first kappa shape index (κ1) is 21.7. The first-order valence-corrected chi connectivity index (χ1v) is 10.9. The van der Waals surface area contributed by atoms with Crippen LogP contribution in [0.1, 0.15) is 35.3 Å². The molecule has 0 radical (unpaired) electrons. The largest absolute Gasteiger partial charge is 0.504 e. The van der Waals surface area contributed by atoms with Crippen molar-refractivity contribution in [2.45, 2.75) is 18.6 Å². The van der Waals surface area contributed by atoms with E-state index in [0.717, 1.165) is 32.6 Å². The number of para-hydroxylation sites is 1. The number of halogens is 2. The molecule has 0 fully saturated rings. The third kappa shape index (κ3) is 4.56. The van der Waals surface area contributed by atoms with E-state index in [9.17, 15) is 5.11 Å². The number of methoxy groups -OCH3 is 2. The molecule has 4 rings (SSSR count). The molecule has 1 aliphatic rings. The van der Waals surface area contributed by atoms with Gasteiger partial charge in [-0.3, -0.25) is 10.3 Å². The molecule has 0 aromatic heterocycles. The van der Waals surface area contributed by atoms with Crippen LogP contribution in [0.5, 0.6) is 17.2 Å². The van der Waals surface area contributed by atoms with Crippen LogP contribution in [0.15, 0.2) is 70.1 Å². The number of rotatable bonds is 5. The first-order valence-electron chi connectivity index (χ1n) is 9.78. The zero-order valence-corrected chi connectivity index (χ0v) is 19.4. The van der Waals surface area contributed by atoms with Gasteiger partial charge in [0.25, 0.3) is 0 Å². The van der Waals surface area contributed by atoms with Crippen molar-refractivity contribution < 1.29 is 14.6 Å². The summed E-state index contributed by atoms with van der Waals surface area (Å²) in [7, 11) is 3.19. The predicted octanol–water partition coefficient (Wildman–Crippen LogP) is 6.05. The fourth-order valence-corrected chi connectivity index (χ4v) is 4.29. The topological polar surface area (TPSA) is 63.1 Å². The normalized spacial score (nSPS) is 18.4. The van der Waals surface area contributed by atoms with E-state index >= 15 is 0 Å². The van der Waals surface area contributed by atoms with Crippen molar-refractivity contribution in [3.05, 3.63) is 86.8 Å². The van der Waals surface area contributed by atoms with Crippen LogP contribution < -0.4 is 14.8 Å². The summed E-state index contributed by atoms with van der Waals surface area (Å²) < 4.78 is 11.8. The molecular formula is C24H22BrClN2O3. The molecule has 0 saturated carbocycles. The molecule has 2 unspecified atom stereocenters. The Morgan fingerprint density at radius 2 is 1.74 bits per heavy atom. The van der Waals surface area contributed by atoms with E-state index in [0.29, 0.717) is 17.2 Å². The van der Waals surface area contributed by atoms with Crippen molar-refractivity contribution in [2.75, 3.05) is 14.2 Å². The SMILES string of the molecule is COc1ccc(Br)cc1C1N=C(c2ccc(Cl)cc2)CC(c2cccc(OC)c2O)N1. The van der Waals surface area contributed by atoms with Crippen LogP contribution in [-0.4, -0.2) is 25.0 Å². The van der Waals surface area contributed by atoms with E-state index in [4.69, 9.17) is 26.1 Å². The Bertz CT molecular complexity index is 1120. The van der Waals surface area contributed by atoms with E-state index in [1.54, 1.807) is 20.3 Å². The summed E-state index contributed by atoms with van der Waals surface area (Å²) in [4.78, 5) is 5.00. The van der Waals surface area contributed by atoms with Gasteiger partial charge in [0.1, 0.15) is 11.9 Å². The number of ether oxygens (including phenoxy) is 2. The molecule has 0 amide bonds. The second-order valence-corrected chi connectivity index (χ2v) is 8.55. The average Bonchev–Trinajstić information content (AvgIpc) is 2.79. The summed E-state index contributed by atoms with van der Waals surface area (Å²) in [6.45, 7) is 0. The van der Waals surface area contributed by atoms with Crippen molar-refractivity contribution in [3.8, 4) is 17.2 Å². The summed E-state index contributed by atoms with van der Waals surface area (Å²) >= 11 is 9.64. The van der Waals surface area contributed by atoms with Crippen LogP contribution in [0, 0.1) is 0 Å². The van der Waals surface area contributed by atoms with Gasteiger partial charge in [0.2, 0.25) is 0 Å². The van der Waals surface area contributed by atoms with Crippen LogP contribution in [0.3, 0.4) is 0 Å². The first-order chi connectivity index (χ1) is 15.0. The lowest BCUT2D eigenvalue weighted by Gasteiger charge is -2.31. The Labute approximate surface area is 194 Å². The molecule has 5 nitrogen and oxygen atoms in total. The minimum atomic E-state index is -0.373. The Morgan fingerprint density at radius 3 is 2.45 bits per heavy atom. The Hall–Kier alpha value is -2.54. The second kappa shape index (κ2) is 9.30. The summed E-state index contributed by atoms with van der Waals surface area (Å²) in [5.74, 6) is 1.29. The zero-order valence-electron chi connectivity index (χ0n) is 17.1. The molecule has 3 aromatic carbocycles. The number of phenolic OH excluding ortho intramolecular Hbond substituents is 1. The fraction of sp³-hybridized carbons (Fsp3) is 0.208. The van der Waals surface area contributed by atoms with Crippen LogP contribution in [-0.2, 0) is 0 Å². The van der Waals surface area contributed by atoms with Gasteiger partial charge >= 0.3 is 0 Å². The summed E-state index contributed by atoms with van der Waals surface area (Å²) in [6, 6.07) is 18.8. The Kier molecular flexibility index (Phi) is 6.51. The van der Waals surface area contributed by atoms with E-state index < -0.39 is 0 Å². The van der Waals surface area contributed by atoms with Gasteiger partial charge in [-0.05, 0) is 42.0 Å². The number of nitrogens with one attached hydrogen (secondary N) is 1. The standard InChI is InChI=1S/C24H22BrClN2O3/c1-30-21-11-8-15(25)12-18(21)24-27-19(14-6-9-16(26)10-7-14)13-20(28-24)17-4-3-5-22(31-2)23(17)29/h3-12,20,24,28-29H,13H2,1-2H3. The lowest BCUT2D eigenvalue weighted by molar-refractivity contribution is 0.357. The summed E-state index contributed by atoms with van der Waals surface area (Å²) in [6.07, 6.45) is 0.220. The molecule has 31 heavy (non-hydrogen) atoms. The molecule has 160 valence electrons. The average molecular weight is 502 g/mol. The van der Waals surface area contributed by atoms with Crippen molar-refractivity contribution in [1.82, 2.24) is 5.32 Å². The van der Waals surface area contributed by atoms with E-state index in [-0.39, 0.29) is 18.0 Å². The number of aromatic hydroxyl groups is 1. The van der Waals surface area contributed by atoms with Crippen molar-refractivity contribution in [3.63, 3.8) is 0 Å². The number of aliphatic imine (C=N–C) groups is 1. The van der Waals surface area contributed by atoms with Crippen molar-refractivity contribution in [1.29, 1.82) is 0 Å². The molecule has 0 bridgehead atoms. The van der Waals surface area contributed by atoms with Gasteiger partial charge in [-0.2, -0.15) is 0 Å². The lowest BCUT2D eigenvalue weighted by Crippen LogP contribution is -2.33. The van der Waals surface area contributed by atoms with E-state index in [1.807, 2.05) is 54.6 Å². The number of phenols is 1. The minimum Gasteiger partial charge on any atom is -0.504 e. The van der Waals surface area contributed by atoms with E-state index in [1.165, 1.54) is 0 Å².